The summed E-state index contributed by atoms with van der Waals surface area (Å²) in [6, 6.07) is 5.75. The summed E-state index contributed by atoms with van der Waals surface area (Å²) in [4.78, 5) is 0. The van der Waals surface area contributed by atoms with Crippen LogP contribution in [0.4, 0.5) is 0 Å². The molecule has 1 rings (SSSR count). The van der Waals surface area contributed by atoms with Gasteiger partial charge in [-0.25, -0.2) is 0 Å². The SMILES string of the molecule is CCOc1cccc(C=C(CC)CO)c1OC. The quantitative estimate of drug-likeness (QED) is 0.825. The zero-order chi connectivity index (χ0) is 12.7. The van der Waals surface area contributed by atoms with Crippen molar-refractivity contribution in [3.05, 3.63) is 29.3 Å². The fourth-order valence-corrected chi connectivity index (χ4v) is 1.61. The molecule has 0 spiro atoms. The molecule has 0 amide bonds. The minimum absolute atomic E-state index is 0.0680. The molecule has 3 heteroatoms. The molecule has 0 aliphatic carbocycles. The van der Waals surface area contributed by atoms with Gasteiger partial charge < -0.3 is 14.6 Å². The molecule has 0 aliphatic heterocycles. The Morgan fingerprint density at radius 2 is 2.12 bits per heavy atom. The lowest BCUT2D eigenvalue weighted by Crippen LogP contribution is -1.97. The third-order valence-electron chi connectivity index (χ3n) is 2.53. The van der Waals surface area contributed by atoms with E-state index in [1.54, 1.807) is 7.11 Å². The van der Waals surface area contributed by atoms with E-state index < -0.39 is 0 Å². The summed E-state index contributed by atoms with van der Waals surface area (Å²) < 4.78 is 10.9. The molecule has 1 aromatic rings. The molecule has 1 aromatic carbocycles. The Kier molecular flexibility index (Phi) is 5.57. The maximum atomic E-state index is 9.18. The predicted molar refractivity (Wildman–Crippen MR) is 69.5 cm³/mol. The molecular formula is C14H20O3. The van der Waals surface area contributed by atoms with Gasteiger partial charge in [0.05, 0.1) is 20.3 Å². The van der Waals surface area contributed by atoms with Gasteiger partial charge in [0.15, 0.2) is 11.5 Å². The van der Waals surface area contributed by atoms with E-state index >= 15 is 0 Å². The minimum atomic E-state index is 0.0680. The number of benzene rings is 1. The Morgan fingerprint density at radius 3 is 2.65 bits per heavy atom. The summed E-state index contributed by atoms with van der Waals surface area (Å²) >= 11 is 0. The van der Waals surface area contributed by atoms with Crippen molar-refractivity contribution in [3.63, 3.8) is 0 Å². The second kappa shape index (κ2) is 6.97. The molecule has 0 aromatic heterocycles. The molecule has 3 nitrogen and oxygen atoms in total. The smallest absolute Gasteiger partial charge is 0.167 e. The first-order chi connectivity index (χ1) is 8.26. The highest BCUT2D eigenvalue weighted by Gasteiger charge is 2.08. The molecule has 1 N–H and O–H groups in total. The van der Waals surface area contributed by atoms with Gasteiger partial charge >= 0.3 is 0 Å². The fraction of sp³-hybridized carbons (Fsp3) is 0.429. The first-order valence-electron chi connectivity index (χ1n) is 5.86. The van der Waals surface area contributed by atoms with Gasteiger partial charge in [-0.3, -0.25) is 0 Å². The monoisotopic (exact) mass is 236 g/mol. The summed E-state index contributed by atoms with van der Waals surface area (Å²) in [5.41, 5.74) is 1.90. The van der Waals surface area contributed by atoms with Gasteiger partial charge in [-0.2, -0.15) is 0 Å². The van der Waals surface area contributed by atoms with Crippen LogP contribution < -0.4 is 9.47 Å². The second-order valence-corrected chi connectivity index (χ2v) is 3.63. The van der Waals surface area contributed by atoms with Crippen molar-refractivity contribution in [2.75, 3.05) is 20.3 Å². The highest BCUT2D eigenvalue weighted by Crippen LogP contribution is 2.32. The van der Waals surface area contributed by atoms with Gasteiger partial charge in [-0.1, -0.05) is 19.1 Å². The number of methoxy groups -OCH3 is 1. The van der Waals surface area contributed by atoms with Crippen LogP contribution in [0.1, 0.15) is 25.8 Å². The molecule has 17 heavy (non-hydrogen) atoms. The highest BCUT2D eigenvalue weighted by atomic mass is 16.5. The van der Waals surface area contributed by atoms with Crippen LogP contribution in [-0.2, 0) is 0 Å². The largest absolute Gasteiger partial charge is 0.492 e. The first kappa shape index (κ1) is 13.6. The van der Waals surface area contributed by atoms with Crippen LogP contribution in [-0.4, -0.2) is 25.4 Å². The molecule has 0 atom stereocenters. The Labute approximate surface area is 103 Å². The zero-order valence-corrected chi connectivity index (χ0v) is 10.7. The number of ether oxygens (including phenoxy) is 2. The van der Waals surface area contributed by atoms with Crippen molar-refractivity contribution >= 4 is 6.08 Å². The highest BCUT2D eigenvalue weighted by molar-refractivity contribution is 5.64. The summed E-state index contributed by atoms with van der Waals surface area (Å²) in [7, 11) is 1.62. The summed E-state index contributed by atoms with van der Waals surface area (Å²) in [5.74, 6) is 1.45. The Balaban J connectivity index is 3.14. The molecular weight excluding hydrogens is 216 g/mol. The van der Waals surface area contributed by atoms with Crippen LogP contribution in [0.25, 0.3) is 6.08 Å². The lowest BCUT2D eigenvalue weighted by molar-refractivity contribution is 0.310. The van der Waals surface area contributed by atoms with E-state index in [-0.39, 0.29) is 6.61 Å². The van der Waals surface area contributed by atoms with Crippen LogP contribution in [0.5, 0.6) is 11.5 Å². The second-order valence-electron chi connectivity index (χ2n) is 3.63. The molecule has 0 heterocycles. The van der Waals surface area contributed by atoms with Gasteiger partial charge in [0, 0.05) is 5.56 Å². The van der Waals surface area contributed by atoms with E-state index in [0.717, 1.165) is 23.3 Å². The summed E-state index contributed by atoms with van der Waals surface area (Å²) in [6.07, 6.45) is 2.76. The lowest BCUT2D eigenvalue weighted by Gasteiger charge is -2.12. The van der Waals surface area contributed by atoms with E-state index in [4.69, 9.17) is 9.47 Å². The number of para-hydroxylation sites is 1. The van der Waals surface area contributed by atoms with E-state index in [9.17, 15) is 5.11 Å². The fourth-order valence-electron chi connectivity index (χ4n) is 1.61. The van der Waals surface area contributed by atoms with Crippen molar-refractivity contribution in [1.82, 2.24) is 0 Å². The standard InChI is InChI=1S/C14H20O3/c1-4-11(10-15)9-12-7-6-8-13(17-5-2)14(12)16-3/h6-9,15H,4-5,10H2,1-3H3. The van der Waals surface area contributed by atoms with Crippen LogP contribution in [0, 0.1) is 0 Å². The Morgan fingerprint density at radius 1 is 1.35 bits per heavy atom. The molecule has 0 unspecified atom stereocenters. The number of hydrogen-bond acceptors (Lipinski definition) is 3. The number of aliphatic hydroxyl groups is 1. The number of hydrogen-bond donors (Lipinski definition) is 1. The topological polar surface area (TPSA) is 38.7 Å². The summed E-state index contributed by atoms with van der Waals surface area (Å²) in [5, 5.41) is 9.18. The van der Waals surface area contributed by atoms with Crippen LogP contribution in [0.3, 0.4) is 0 Å². The molecule has 0 aliphatic rings. The maximum absolute atomic E-state index is 9.18. The molecule has 0 radical (unpaired) electrons. The first-order valence-corrected chi connectivity index (χ1v) is 5.86. The normalized spacial score (nSPS) is 11.4. The van der Waals surface area contributed by atoms with Crippen molar-refractivity contribution in [1.29, 1.82) is 0 Å². The van der Waals surface area contributed by atoms with Crippen molar-refractivity contribution in [2.24, 2.45) is 0 Å². The number of rotatable bonds is 6. The third-order valence-corrected chi connectivity index (χ3v) is 2.53. The summed E-state index contributed by atoms with van der Waals surface area (Å²) in [6.45, 7) is 4.62. The average molecular weight is 236 g/mol. The van der Waals surface area contributed by atoms with E-state index in [0.29, 0.717) is 12.4 Å². The van der Waals surface area contributed by atoms with Crippen LogP contribution >= 0.6 is 0 Å². The Hall–Kier alpha value is -1.48. The van der Waals surface area contributed by atoms with Crippen molar-refractivity contribution < 1.29 is 14.6 Å². The van der Waals surface area contributed by atoms with Gasteiger partial charge in [-0.05, 0) is 31.1 Å². The van der Waals surface area contributed by atoms with Crippen molar-refractivity contribution in [3.8, 4) is 11.5 Å². The molecule has 94 valence electrons. The zero-order valence-electron chi connectivity index (χ0n) is 10.7. The van der Waals surface area contributed by atoms with Gasteiger partial charge in [-0.15, -0.1) is 0 Å². The van der Waals surface area contributed by atoms with E-state index in [2.05, 4.69) is 0 Å². The van der Waals surface area contributed by atoms with Gasteiger partial charge in [0.1, 0.15) is 0 Å². The molecule has 0 fully saturated rings. The van der Waals surface area contributed by atoms with Crippen LogP contribution in [0.2, 0.25) is 0 Å². The predicted octanol–water partition coefficient (Wildman–Crippen LogP) is 2.88. The van der Waals surface area contributed by atoms with E-state index in [1.165, 1.54) is 0 Å². The third kappa shape index (κ3) is 3.49. The van der Waals surface area contributed by atoms with Gasteiger partial charge in [0.2, 0.25) is 0 Å². The van der Waals surface area contributed by atoms with Gasteiger partial charge in [0.25, 0.3) is 0 Å². The molecule has 0 bridgehead atoms. The average Bonchev–Trinajstić information content (AvgIpc) is 2.36. The van der Waals surface area contributed by atoms with Crippen molar-refractivity contribution in [2.45, 2.75) is 20.3 Å². The Bertz CT molecular complexity index is 377. The minimum Gasteiger partial charge on any atom is -0.492 e. The number of aliphatic hydroxyl groups excluding tert-OH is 1. The molecule has 0 saturated carbocycles. The molecule has 0 saturated heterocycles. The lowest BCUT2D eigenvalue weighted by atomic mass is 10.1. The maximum Gasteiger partial charge on any atom is 0.167 e. The van der Waals surface area contributed by atoms with E-state index in [1.807, 2.05) is 38.1 Å². The van der Waals surface area contributed by atoms with Crippen LogP contribution in [0.15, 0.2) is 23.8 Å².